The number of halogens is 1. The second-order valence-corrected chi connectivity index (χ2v) is 5.54. The lowest BCUT2D eigenvalue weighted by Gasteiger charge is -2.08. The number of rotatable bonds is 3. The molecule has 0 spiro atoms. The van der Waals surface area contributed by atoms with Crippen LogP contribution in [-0.2, 0) is 9.84 Å². The molecule has 0 radical (unpaired) electrons. The van der Waals surface area contributed by atoms with Crippen molar-refractivity contribution in [2.45, 2.75) is 23.5 Å². The van der Waals surface area contributed by atoms with E-state index in [0.29, 0.717) is 0 Å². The first-order valence-corrected chi connectivity index (χ1v) is 5.89. The SMILES string of the molecule is CC(CC#N)S(=O)(=O)c1ccc(F)cc1. The molecule has 1 rings (SSSR count). The van der Waals surface area contributed by atoms with Crippen molar-refractivity contribution in [3.8, 4) is 6.07 Å². The molecule has 0 aliphatic carbocycles. The standard InChI is InChI=1S/C10H10FNO2S/c1-8(6-7-12)15(13,14)10-4-2-9(11)3-5-10/h2-5,8H,6H2,1H3. The van der Waals surface area contributed by atoms with Crippen molar-refractivity contribution >= 4 is 9.84 Å². The van der Waals surface area contributed by atoms with Crippen LogP contribution in [0, 0.1) is 17.1 Å². The van der Waals surface area contributed by atoms with Crippen molar-refractivity contribution in [3.63, 3.8) is 0 Å². The van der Waals surface area contributed by atoms with E-state index < -0.39 is 20.9 Å². The molecule has 1 unspecified atom stereocenters. The molecule has 0 N–H and O–H groups in total. The zero-order valence-electron chi connectivity index (χ0n) is 8.14. The summed E-state index contributed by atoms with van der Waals surface area (Å²) in [7, 11) is -3.51. The predicted molar refractivity (Wildman–Crippen MR) is 53.3 cm³/mol. The van der Waals surface area contributed by atoms with E-state index in [1.54, 1.807) is 6.07 Å². The van der Waals surface area contributed by atoms with Gasteiger partial charge in [-0.05, 0) is 31.2 Å². The quantitative estimate of drug-likeness (QED) is 0.741. The van der Waals surface area contributed by atoms with E-state index in [1.807, 2.05) is 0 Å². The molecule has 0 amide bonds. The molecular weight excluding hydrogens is 217 g/mol. The van der Waals surface area contributed by atoms with Crippen LogP contribution in [0.5, 0.6) is 0 Å². The lowest BCUT2D eigenvalue weighted by Crippen LogP contribution is -2.17. The van der Waals surface area contributed by atoms with Crippen LogP contribution in [0.3, 0.4) is 0 Å². The van der Waals surface area contributed by atoms with Crippen LogP contribution >= 0.6 is 0 Å². The van der Waals surface area contributed by atoms with Gasteiger partial charge in [0.25, 0.3) is 0 Å². The van der Waals surface area contributed by atoms with Crippen molar-refractivity contribution in [2.75, 3.05) is 0 Å². The number of benzene rings is 1. The molecule has 1 aromatic rings. The Kier molecular flexibility index (Phi) is 3.43. The molecule has 80 valence electrons. The average molecular weight is 227 g/mol. The van der Waals surface area contributed by atoms with Crippen molar-refractivity contribution < 1.29 is 12.8 Å². The highest BCUT2D eigenvalue weighted by molar-refractivity contribution is 7.92. The normalized spacial score (nSPS) is 13.1. The Hall–Kier alpha value is -1.41. The van der Waals surface area contributed by atoms with Gasteiger partial charge in [0.2, 0.25) is 0 Å². The Bertz CT molecular complexity index is 473. The molecule has 3 nitrogen and oxygen atoms in total. The third kappa shape index (κ3) is 2.54. The summed E-state index contributed by atoms with van der Waals surface area (Å²) < 4.78 is 36.1. The summed E-state index contributed by atoms with van der Waals surface area (Å²) in [6, 6.07) is 6.39. The maximum absolute atomic E-state index is 12.6. The van der Waals surface area contributed by atoms with Crippen LogP contribution < -0.4 is 0 Å². The zero-order valence-corrected chi connectivity index (χ0v) is 8.96. The lowest BCUT2D eigenvalue weighted by atomic mass is 10.3. The number of nitrogens with zero attached hydrogens (tertiary/aromatic N) is 1. The minimum absolute atomic E-state index is 0.0478. The second kappa shape index (κ2) is 4.41. The molecule has 0 fully saturated rings. The predicted octanol–water partition coefficient (Wildman–Crippen LogP) is 1.90. The molecule has 15 heavy (non-hydrogen) atoms. The summed E-state index contributed by atoms with van der Waals surface area (Å²) in [5.41, 5.74) is 0. The van der Waals surface area contributed by atoms with Crippen LogP contribution in [0.4, 0.5) is 4.39 Å². The maximum atomic E-state index is 12.6. The third-order valence-electron chi connectivity index (χ3n) is 2.05. The zero-order chi connectivity index (χ0) is 11.5. The van der Waals surface area contributed by atoms with Gasteiger partial charge in [0.05, 0.1) is 22.6 Å². The molecule has 0 aliphatic heterocycles. The first-order chi connectivity index (χ1) is 6.98. The molecule has 0 saturated carbocycles. The smallest absolute Gasteiger partial charge is 0.181 e. The number of nitriles is 1. The average Bonchev–Trinajstić information content (AvgIpc) is 2.18. The van der Waals surface area contributed by atoms with Gasteiger partial charge in [-0.15, -0.1) is 0 Å². The van der Waals surface area contributed by atoms with E-state index in [9.17, 15) is 12.8 Å². The summed E-state index contributed by atoms with van der Waals surface area (Å²) in [5.74, 6) is -0.484. The summed E-state index contributed by atoms with van der Waals surface area (Å²) >= 11 is 0. The first-order valence-electron chi connectivity index (χ1n) is 4.35. The summed E-state index contributed by atoms with van der Waals surface area (Å²) in [6.07, 6.45) is -0.0697. The number of hydrogen-bond donors (Lipinski definition) is 0. The fourth-order valence-corrected chi connectivity index (χ4v) is 2.37. The van der Waals surface area contributed by atoms with Crippen LogP contribution in [0.25, 0.3) is 0 Å². The van der Waals surface area contributed by atoms with E-state index in [1.165, 1.54) is 19.1 Å². The summed E-state index contributed by atoms with van der Waals surface area (Å²) in [6.45, 7) is 1.46. The minimum atomic E-state index is -3.51. The Balaban J connectivity index is 3.07. The first kappa shape index (κ1) is 11.7. The van der Waals surface area contributed by atoms with Gasteiger partial charge in [-0.1, -0.05) is 0 Å². The highest BCUT2D eigenvalue weighted by Crippen LogP contribution is 2.17. The Morgan fingerprint density at radius 1 is 1.40 bits per heavy atom. The van der Waals surface area contributed by atoms with Gasteiger partial charge in [-0.3, -0.25) is 0 Å². The molecule has 0 aliphatic rings. The number of sulfone groups is 1. The fourth-order valence-electron chi connectivity index (χ4n) is 1.09. The molecule has 0 saturated heterocycles. The van der Waals surface area contributed by atoms with Crippen molar-refractivity contribution in [2.24, 2.45) is 0 Å². The Morgan fingerprint density at radius 3 is 2.40 bits per heavy atom. The van der Waals surface area contributed by atoms with Crippen molar-refractivity contribution in [1.82, 2.24) is 0 Å². The lowest BCUT2D eigenvalue weighted by molar-refractivity contribution is 0.583. The molecule has 0 bridgehead atoms. The monoisotopic (exact) mass is 227 g/mol. The largest absolute Gasteiger partial charge is 0.223 e. The molecular formula is C10H10FNO2S. The molecule has 0 heterocycles. The Labute approximate surface area is 88.1 Å². The van der Waals surface area contributed by atoms with E-state index >= 15 is 0 Å². The highest BCUT2D eigenvalue weighted by Gasteiger charge is 2.22. The van der Waals surface area contributed by atoms with Gasteiger partial charge in [0.1, 0.15) is 5.82 Å². The van der Waals surface area contributed by atoms with Gasteiger partial charge in [-0.25, -0.2) is 12.8 Å². The van der Waals surface area contributed by atoms with Gasteiger partial charge in [0.15, 0.2) is 9.84 Å². The third-order valence-corrected chi connectivity index (χ3v) is 4.21. The topological polar surface area (TPSA) is 57.9 Å². The molecule has 1 atom stereocenters. The van der Waals surface area contributed by atoms with Crippen LogP contribution in [0.1, 0.15) is 13.3 Å². The van der Waals surface area contributed by atoms with Crippen LogP contribution in [0.15, 0.2) is 29.2 Å². The van der Waals surface area contributed by atoms with E-state index in [0.717, 1.165) is 12.1 Å². The molecule has 5 heteroatoms. The summed E-state index contributed by atoms with van der Waals surface area (Å²) in [4.78, 5) is 0.0478. The van der Waals surface area contributed by atoms with Crippen LogP contribution in [-0.4, -0.2) is 13.7 Å². The Morgan fingerprint density at radius 2 is 1.93 bits per heavy atom. The highest BCUT2D eigenvalue weighted by atomic mass is 32.2. The van der Waals surface area contributed by atoms with Crippen LogP contribution in [0.2, 0.25) is 0 Å². The van der Waals surface area contributed by atoms with E-state index in [-0.39, 0.29) is 11.3 Å². The summed E-state index contributed by atoms with van der Waals surface area (Å²) in [5, 5.41) is 7.65. The van der Waals surface area contributed by atoms with Crippen molar-refractivity contribution in [1.29, 1.82) is 5.26 Å². The molecule has 0 aromatic heterocycles. The molecule has 1 aromatic carbocycles. The minimum Gasteiger partial charge on any atom is -0.223 e. The van der Waals surface area contributed by atoms with E-state index in [4.69, 9.17) is 5.26 Å². The second-order valence-electron chi connectivity index (χ2n) is 3.17. The van der Waals surface area contributed by atoms with Gasteiger partial charge >= 0.3 is 0 Å². The van der Waals surface area contributed by atoms with Gasteiger partial charge < -0.3 is 0 Å². The van der Waals surface area contributed by atoms with E-state index in [2.05, 4.69) is 0 Å². The maximum Gasteiger partial charge on any atom is 0.181 e. The van der Waals surface area contributed by atoms with Gasteiger partial charge in [-0.2, -0.15) is 5.26 Å². The van der Waals surface area contributed by atoms with Gasteiger partial charge in [0, 0.05) is 0 Å². The number of hydrogen-bond acceptors (Lipinski definition) is 3. The van der Waals surface area contributed by atoms with Crippen molar-refractivity contribution in [3.05, 3.63) is 30.1 Å². The fraction of sp³-hybridized carbons (Fsp3) is 0.300.